The van der Waals surface area contributed by atoms with Crippen LogP contribution < -0.4 is 10.6 Å². The lowest BCUT2D eigenvalue weighted by Crippen LogP contribution is -2.47. The second kappa shape index (κ2) is 10.3. The Labute approximate surface area is 193 Å². The van der Waals surface area contributed by atoms with E-state index in [2.05, 4.69) is 15.5 Å². The van der Waals surface area contributed by atoms with Crippen LogP contribution in [-0.4, -0.2) is 66.0 Å². The molecule has 1 atom stereocenters. The number of ketones is 1. The Hall–Kier alpha value is -3.04. The van der Waals surface area contributed by atoms with Gasteiger partial charge in [0.15, 0.2) is 0 Å². The molecule has 0 bridgehead atoms. The number of nitrogens with one attached hydrogen (secondary N) is 2. The SMILES string of the molecule is Cc1cc(NC(=O)c2c(C)c(C(=O)C(=O)NC(C)CN3CCOCC3)n(C)c2C)ccc1F. The Bertz CT molecular complexity index is 1070. The minimum absolute atomic E-state index is 0.170. The van der Waals surface area contributed by atoms with E-state index in [0.717, 1.165) is 13.1 Å². The van der Waals surface area contributed by atoms with Crippen molar-refractivity contribution in [3.05, 3.63) is 52.1 Å². The van der Waals surface area contributed by atoms with Crippen molar-refractivity contribution in [1.82, 2.24) is 14.8 Å². The number of rotatable bonds is 7. The summed E-state index contributed by atoms with van der Waals surface area (Å²) in [4.78, 5) is 40.8. The standard InChI is InChI=1S/C24H31FN4O4/c1-14-12-18(6-7-19(14)25)27-23(31)20-16(3)21(28(5)17(20)4)22(30)24(32)26-15(2)13-29-8-10-33-11-9-29/h6-7,12,15H,8-11,13H2,1-5H3,(H,26,32)(H,27,31). The molecule has 3 rings (SSSR count). The first-order valence-corrected chi connectivity index (χ1v) is 11.0. The van der Waals surface area contributed by atoms with Gasteiger partial charge in [-0.05, 0) is 57.0 Å². The summed E-state index contributed by atoms with van der Waals surface area (Å²) in [5, 5.41) is 5.52. The zero-order valence-electron chi connectivity index (χ0n) is 19.8. The van der Waals surface area contributed by atoms with Crippen molar-refractivity contribution in [3.63, 3.8) is 0 Å². The van der Waals surface area contributed by atoms with Crippen molar-refractivity contribution in [2.24, 2.45) is 7.05 Å². The van der Waals surface area contributed by atoms with E-state index < -0.39 is 17.6 Å². The molecule has 1 aliphatic rings. The van der Waals surface area contributed by atoms with Gasteiger partial charge in [0.05, 0.1) is 24.5 Å². The van der Waals surface area contributed by atoms with Gasteiger partial charge in [-0.15, -0.1) is 0 Å². The molecular weight excluding hydrogens is 427 g/mol. The Balaban J connectivity index is 1.74. The molecule has 1 aromatic carbocycles. The molecule has 1 aliphatic heterocycles. The summed E-state index contributed by atoms with van der Waals surface area (Å²) < 4.78 is 20.4. The van der Waals surface area contributed by atoms with Gasteiger partial charge >= 0.3 is 0 Å². The molecule has 1 saturated heterocycles. The highest BCUT2D eigenvalue weighted by Gasteiger charge is 2.29. The van der Waals surface area contributed by atoms with Gasteiger partial charge in [-0.2, -0.15) is 0 Å². The summed E-state index contributed by atoms with van der Waals surface area (Å²) >= 11 is 0. The maximum Gasteiger partial charge on any atom is 0.294 e. The maximum atomic E-state index is 13.5. The molecule has 33 heavy (non-hydrogen) atoms. The number of hydrogen-bond donors (Lipinski definition) is 2. The highest BCUT2D eigenvalue weighted by Crippen LogP contribution is 2.24. The second-order valence-corrected chi connectivity index (χ2v) is 8.53. The summed E-state index contributed by atoms with van der Waals surface area (Å²) in [5.41, 5.74) is 2.33. The Morgan fingerprint density at radius 3 is 2.45 bits per heavy atom. The van der Waals surface area contributed by atoms with Crippen LogP contribution in [-0.2, 0) is 16.6 Å². The molecule has 0 aliphatic carbocycles. The fourth-order valence-corrected chi connectivity index (χ4v) is 4.16. The number of benzene rings is 1. The fourth-order valence-electron chi connectivity index (χ4n) is 4.16. The van der Waals surface area contributed by atoms with Gasteiger partial charge in [0.2, 0.25) is 0 Å². The molecule has 2 aromatic rings. The minimum Gasteiger partial charge on any atom is -0.379 e. The van der Waals surface area contributed by atoms with E-state index in [1.807, 2.05) is 6.92 Å². The molecule has 9 heteroatoms. The van der Waals surface area contributed by atoms with E-state index in [4.69, 9.17) is 4.74 Å². The normalized spacial score (nSPS) is 15.2. The van der Waals surface area contributed by atoms with Gasteiger partial charge in [0.25, 0.3) is 17.6 Å². The molecule has 0 spiro atoms. The first-order chi connectivity index (χ1) is 15.6. The fraction of sp³-hybridized carbons (Fsp3) is 0.458. The highest BCUT2D eigenvalue weighted by molar-refractivity contribution is 6.43. The zero-order valence-corrected chi connectivity index (χ0v) is 19.8. The predicted octanol–water partition coefficient (Wildman–Crippen LogP) is 2.36. The minimum atomic E-state index is -0.708. The topological polar surface area (TPSA) is 92.7 Å². The first kappa shape index (κ1) is 24.6. The molecular formula is C24H31FN4O4. The van der Waals surface area contributed by atoms with Crippen LogP contribution in [0.2, 0.25) is 0 Å². The zero-order chi connectivity index (χ0) is 24.3. The predicted molar refractivity (Wildman–Crippen MR) is 123 cm³/mol. The van der Waals surface area contributed by atoms with Gasteiger partial charge in [-0.1, -0.05) is 0 Å². The molecule has 1 unspecified atom stereocenters. The van der Waals surface area contributed by atoms with Gasteiger partial charge in [0.1, 0.15) is 5.82 Å². The lowest BCUT2D eigenvalue weighted by molar-refractivity contribution is -0.117. The van der Waals surface area contributed by atoms with Crippen LogP contribution in [0.4, 0.5) is 10.1 Å². The van der Waals surface area contributed by atoms with Crippen molar-refractivity contribution in [3.8, 4) is 0 Å². The third kappa shape index (κ3) is 5.48. The van der Waals surface area contributed by atoms with Crippen LogP contribution in [0.3, 0.4) is 0 Å². The van der Waals surface area contributed by atoms with Crippen LogP contribution in [0.1, 0.15) is 44.6 Å². The molecule has 0 radical (unpaired) electrons. The van der Waals surface area contributed by atoms with Gasteiger partial charge in [-0.3, -0.25) is 19.3 Å². The van der Waals surface area contributed by atoms with Gasteiger partial charge < -0.3 is 19.9 Å². The number of ether oxygens (including phenoxy) is 1. The number of hydrogen-bond acceptors (Lipinski definition) is 5. The number of carbonyl (C=O) groups is 3. The molecule has 2 N–H and O–H groups in total. The van der Waals surface area contributed by atoms with Crippen LogP contribution >= 0.6 is 0 Å². The lowest BCUT2D eigenvalue weighted by atomic mass is 10.1. The van der Waals surface area contributed by atoms with Crippen molar-refractivity contribution < 1.29 is 23.5 Å². The van der Waals surface area contributed by atoms with E-state index in [1.54, 1.807) is 32.4 Å². The average Bonchev–Trinajstić information content (AvgIpc) is 2.99. The number of aromatic nitrogens is 1. The molecule has 0 saturated carbocycles. The van der Waals surface area contributed by atoms with Gasteiger partial charge in [0, 0.05) is 44.1 Å². The summed E-state index contributed by atoms with van der Waals surface area (Å²) in [5.74, 6) is -2.18. The Morgan fingerprint density at radius 2 is 1.82 bits per heavy atom. The first-order valence-electron chi connectivity index (χ1n) is 11.0. The van der Waals surface area contributed by atoms with Crippen molar-refractivity contribution in [2.45, 2.75) is 33.7 Å². The van der Waals surface area contributed by atoms with Crippen molar-refractivity contribution >= 4 is 23.3 Å². The quantitative estimate of drug-likeness (QED) is 0.491. The third-order valence-electron chi connectivity index (χ3n) is 6.01. The number of carbonyl (C=O) groups excluding carboxylic acids is 3. The molecule has 178 valence electrons. The summed E-state index contributed by atoms with van der Waals surface area (Å²) in [6.45, 7) is 10.3. The van der Waals surface area contributed by atoms with Crippen molar-refractivity contribution in [1.29, 1.82) is 0 Å². The van der Waals surface area contributed by atoms with Crippen LogP contribution in [0.25, 0.3) is 0 Å². The summed E-state index contributed by atoms with van der Waals surface area (Å²) in [6, 6.07) is 4.08. The van der Waals surface area contributed by atoms with E-state index in [1.165, 1.54) is 18.2 Å². The van der Waals surface area contributed by atoms with Crippen molar-refractivity contribution in [2.75, 3.05) is 38.2 Å². The smallest absolute Gasteiger partial charge is 0.294 e. The lowest BCUT2D eigenvalue weighted by Gasteiger charge is -2.29. The molecule has 8 nitrogen and oxygen atoms in total. The Kier molecular flexibility index (Phi) is 7.65. The van der Waals surface area contributed by atoms with E-state index in [-0.39, 0.29) is 17.6 Å². The number of aryl methyl sites for hydroxylation is 1. The van der Waals surface area contributed by atoms with Gasteiger partial charge in [-0.25, -0.2) is 4.39 Å². The Morgan fingerprint density at radius 1 is 1.15 bits per heavy atom. The number of anilines is 1. The number of morpholine rings is 1. The molecule has 1 aromatic heterocycles. The maximum absolute atomic E-state index is 13.5. The third-order valence-corrected chi connectivity index (χ3v) is 6.01. The van der Waals surface area contributed by atoms with Crippen LogP contribution in [0.5, 0.6) is 0 Å². The average molecular weight is 459 g/mol. The van der Waals surface area contributed by atoms with E-state index in [9.17, 15) is 18.8 Å². The molecule has 2 heterocycles. The number of nitrogens with zero attached hydrogens (tertiary/aromatic N) is 2. The molecule has 2 amide bonds. The second-order valence-electron chi connectivity index (χ2n) is 8.53. The molecule has 1 fully saturated rings. The van der Waals surface area contributed by atoms with E-state index in [0.29, 0.717) is 47.8 Å². The van der Waals surface area contributed by atoms with E-state index >= 15 is 0 Å². The highest BCUT2D eigenvalue weighted by atomic mass is 19.1. The number of halogens is 1. The monoisotopic (exact) mass is 458 g/mol. The number of amides is 2. The number of Topliss-reactive ketones (excluding diaryl/α,β-unsaturated/α-hetero) is 1. The summed E-state index contributed by atoms with van der Waals surface area (Å²) in [6.07, 6.45) is 0. The van der Waals surface area contributed by atoms with Crippen LogP contribution in [0, 0.1) is 26.6 Å². The van der Waals surface area contributed by atoms with Crippen LogP contribution in [0.15, 0.2) is 18.2 Å². The largest absolute Gasteiger partial charge is 0.379 e. The summed E-state index contributed by atoms with van der Waals surface area (Å²) in [7, 11) is 1.65.